The van der Waals surface area contributed by atoms with Crippen LogP contribution in [0.2, 0.25) is 10.0 Å². The van der Waals surface area contributed by atoms with Crippen LogP contribution in [0, 0.1) is 5.82 Å². The van der Waals surface area contributed by atoms with Crippen LogP contribution in [-0.4, -0.2) is 21.0 Å². The van der Waals surface area contributed by atoms with E-state index < -0.39 is 21.7 Å². The molecule has 4 nitrogen and oxygen atoms in total. The van der Waals surface area contributed by atoms with Gasteiger partial charge in [0, 0.05) is 10.6 Å². The molecule has 0 saturated heterocycles. The van der Waals surface area contributed by atoms with E-state index in [1.165, 1.54) is 12.1 Å². The van der Waals surface area contributed by atoms with Gasteiger partial charge in [-0.1, -0.05) is 58.0 Å². The zero-order valence-corrected chi connectivity index (χ0v) is 17.8. The van der Waals surface area contributed by atoms with Crippen LogP contribution < -0.4 is 16.0 Å². The van der Waals surface area contributed by atoms with Crippen molar-refractivity contribution in [1.82, 2.24) is 10.6 Å². The molecule has 0 saturated carbocycles. The van der Waals surface area contributed by atoms with E-state index in [0.717, 1.165) is 12.1 Å². The highest BCUT2D eigenvalue weighted by Crippen LogP contribution is 2.30. The van der Waals surface area contributed by atoms with E-state index in [-0.39, 0.29) is 10.7 Å². The predicted molar refractivity (Wildman–Crippen MR) is 114 cm³/mol. The Bertz CT molecular complexity index is 845. The largest absolute Gasteiger partial charge is 0.339 e. The highest BCUT2D eigenvalue weighted by atomic mass is 35.6. The molecule has 3 N–H and O–H groups in total. The van der Waals surface area contributed by atoms with Crippen molar-refractivity contribution in [3.05, 3.63) is 63.9 Å². The van der Waals surface area contributed by atoms with Crippen molar-refractivity contribution in [2.45, 2.75) is 9.96 Å². The summed E-state index contributed by atoms with van der Waals surface area (Å²) >= 11 is 34.9. The van der Waals surface area contributed by atoms with Crippen LogP contribution in [-0.2, 0) is 0 Å². The quantitative estimate of drug-likeness (QED) is 0.300. The van der Waals surface area contributed by atoms with Crippen LogP contribution >= 0.6 is 70.2 Å². The van der Waals surface area contributed by atoms with Gasteiger partial charge in [-0.3, -0.25) is 4.79 Å². The zero-order valence-electron chi connectivity index (χ0n) is 13.2. The molecule has 0 aliphatic carbocycles. The maximum atomic E-state index is 13.0. The molecule has 2 rings (SSSR count). The minimum atomic E-state index is -1.94. The number of carbonyl (C=O) groups excluding carboxylic acids is 1. The van der Waals surface area contributed by atoms with Gasteiger partial charge in [-0.2, -0.15) is 0 Å². The number of amides is 1. The van der Waals surface area contributed by atoms with Crippen molar-refractivity contribution >= 4 is 86.9 Å². The van der Waals surface area contributed by atoms with Crippen LogP contribution in [0.15, 0.2) is 42.5 Å². The number of benzene rings is 2. The average Bonchev–Trinajstić information content (AvgIpc) is 2.57. The minimum absolute atomic E-state index is 0.0231. The summed E-state index contributed by atoms with van der Waals surface area (Å²) in [7, 11) is 0. The highest BCUT2D eigenvalue weighted by molar-refractivity contribution is 7.80. The Morgan fingerprint density at radius 2 is 1.67 bits per heavy atom. The summed E-state index contributed by atoms with van der Waals surface area (Å²) in [6.45, 7) is 0. The normalized spacial score (nSPS) is 12.2. The summed E-state index contributed by atoms with van der Waals surface area (Å²) in [5.74, 6) is -1.08. The smallest absolute Gasteiger partial charge is 0.252 e. The Hall–Kier alpha value is -1.02. The van der Waals surface area contributed by atoms with E-state index in [1.807, 2.05) is 0 Å². The molecule has 1 atom stereocenters. The fourth-order valence-electron chi connectivity index (χ4n) is 1.90. The second-order valence-corrected chi connectivity index (χ2v) is 8.80. The second-order valence-electron chi connectivity index (χ2n) is 5.18. The maximum absolute atomic E-state index is 13.0. The molecule has 11 heteroatoms. The number of anilines is 1. The van der Waals surface area contributed by atoms with Crippen LogP contribution in [0.25, 0.3) is 0 Å². The van der Waals surface area contributed by atoms with E-state index in [4.69, 9.17) is 70.2 Å². The molecule has 0 spiro atoms. The van der Waals surface area contributed by atoms with Gasteiger partial charge in [0.25, 0.3) is 5.91 Å². The molecule has 2 aromatic carbocycles. The first-order valence-corrected chi connectivity index (χ1v) is 9.52. The molecule has 0 unspecified atom stereocenters. The summed E-state index contributed by atoms with van der Waals surface area (Å²) in [6, 6.07) is 9.61. The summed E-state index contributed by atoms with van der Waals surface area (Å²) in [6.07, 6.45) is -1.20. The van der Waals surface area contributed by atoms with Gasteiger partial charge >= 0.3 is 0 Å². The highest BCUT2D eigenvalue weighted by Gasteiger charge is 2.35. The predicted octanol–water partition coefficient (Wildman–Crippen LogP) is 5.55. The molecular formula is C16H11Cl5FN3OS. The number of hydrogen-bond acceptors (Lipinski definition) is 2. The Morgan fingerprint density at radius 3 is 2.26 bits per heavy atom. The summed E-state index contributed by atoms with van der Waals surface area (Å²) in [5.41, 5.74) is 0.601. The first-order chi connectivity index (χ1) is 12.6. The van der Waals surface area contributed by atoms with Gasteiger partial charge in [0.2, 0.25) is 3.79 Å². The Morgan fingerprint density at radius 1 is 1.04 bits per heavy atom. The molecule has 27 heavy (non-hydrogen) atoms. The van der Waals surface area contributed by atoms with Crippen LogP contribution in [0.3, 0.4) is 0 Å². The third kappa shape index (κ3) is 6.82. The molecule has 0 heterocycles. The van der Waals surface area contributed by atoms with E-state index in [1.54, 1.807) is 18.2 Å². The number of rotatable bonds is 4. The van der Waals surface area contributed by atoms with Crippen LogP contribution in [0.1, 0.15) is 10.4 Å². The van der Waals surface area contributed by atoms with Crippen LogP contribution in [0.4, 0.5) is 10.1 Å². The molecule has 2 aromatic rings. The summed E-state index contributed by atoms with van der Waals surface area (Å²) in [4.78, 5) is 12.3. The van der Waals surface area contributed by atoms with Gasteiger partial charge in [-0.25, -0.2) is 4.39 Å². The van der Waals surface area contributed by atoms with Gasteiger partial charge in [0.1, 0.15) is 12.0 Å². The van der Waals surface area contributed by atoms with Crippen molar-refractivity contribution in [2.75, 3.05) is 5.32 Å². The van der Waals surface area contributed by atoms with Crippen molar-refractivity contribution in [1.29, 1.82) is 0 Å². The van der Waals surface area contributed by atoms with Crippen molar-refractivity contribution in [3.8, 4) is 0 Å². The van der Waals surface area contributed by atoms with Gasteiger partial charge in [0.15, 0.2) is 5.11 Å². The standard InChI is InChI=1S/C16H11Cl5FN3OS/c17-9-3-6-11(18)12(7-9)23-15(27)25-14(16(19,20)21)24-13(26)8-1-4-10(22)5-2-8/h1-7,14H,(H,24,26)(H2,23,25,27)/t14-/m1/s1. The SMILES string of the molecule is O=C(N[C@H](NC(=S)Nc1cc(Cl)ccc1Cl)C(Cl)(Cl)Cl)c1ccc(F)cc1. The maximum Gasteiger partial charge on any atom is 0.252 e. The lowest BCUT2D eigenvalue weighted by molar-refractivity contribution is 0.0934. The third-order valence-corrected chi connectivity index (χ3v) is 4.60. The van der Waals surface area contributed by atoms with Crippen molar-refractivity contribution in [3.63, 3.8) is 0 Å². The molecule has 0 aliphatic heterocycles. The molecule has 0 bridgehead atoms. The molecule has 0 aliphatic rings. The summed E-state index contributed by atoms with van der Waals surface area (Å²) < 4.78 is 11.0. The number of halogens is 6. The lowest BCUT2D eigenvalue weighted by Gasteiger charge is -2.28. The van der Waals surface area contributed by atoms with E-state index in [2.05, 4.69) is 16.0 Å². The lowest BCUT2D eigenvalue weighted by Crippen LogP contribution is -2.56. The Balaban J connectivity index is 2.10. The molecule has 1 amide bonds. The Labute approximate surface area is 185 Å². The third-order valence-electron chi connectivity index (χ3n) is 3.16. The topological polar surface area (TPSA) is 53.2 Å². The summed E-state index contributed by atoms with van der Waals surface area (Å²) in [5, 5.41) is 8.79. The first-order valence-electron chi connectivity index (χ1n) is 7.22. The molecule has 144 valence electrons. The van der Waals surface area contributed by atoms with Gasteiger partial charge in [0.05, 0.1) is 10.7 Å². The second kappa shape index (κ2) is 9.45. The Kier molecular flexibility index (Phi) is 7.80. The van der Waals surface area contributed by atoms with Gasteiger partial charge in [-0.15, -0.1) is 0 Å². The monoisotopic (exact) mass is 487 g/mol. The van der Waals surface area contributed by atoms with E-state index >= 15 is 0 Å². The molecule has 0 aromatic heterocycles. The molecular weight excluding hydrogens is 479 g/mol. The lowest BCUT2D eigenvalue weighted by atomic mass is 10.2. The fraction of sp³-hybridized carbons (Fsp3) is 0.125. The molecule has 0 fully saturated rings. The van der Waals surface area contributed by atoms with Crippen molar-refractivity contribution in [2.24, 2.45) is 0 Å². The first kappa shape index (κ1) is 22.3. The zero-order chi connectivity index (χ0) is 20.2. The fourth-order valence-corrected chi connectivity index (χ4v) is 2.79. The van der Waals surface area contributed by atoms with Gasteiger partial charge in [-0.05, 0) is 54.7 Å². The molecule has 0 radical (unpaired) electrons. The van der Waals surface area contributed by atoms with Crippen molar-refractivity contribution < 1.29 is 9.18 Å². The number of thiocarbonyl (C=S) groups is 1. The number of hydrogen-bond donors (Lipinski definition) is 3. The van der Waals surface area contributed by atoms with Crippen LogP contribution in [0.5, 0.6) is 0 Å². The number of carbonyl (C=O) groups is 1. The minimum Gasteiger partial charge on any atom is -0.339 e. The van der Waals surface area contributed by atoms with E-state index in [0.29, 0.717) is 15.7 Å². The van der Waals surface area contributed by atoms with Gasteiger partial charge < -0.3 is 16.0 Å². The average molecular weight is 490 g/mol. The number of nitrogens with one attached hydrogen (secondary N) is 3. The van der Waals surface area contributed by atoms with E-state index in [9.17, 15) is 9.18 Å². The number of alkyl halides is 3.